The molecule has 10 nitrogen and oxygen atoms in total. The van der Waals surface area contributed by atoms with Crippen LogP contribution < -0.4 is 5.32 Å². The molecule has 2 amide bonds. The molecule has 1 unspecified atom stereocenters. The zero-order valence-corrected chi connectivity index (χ0v) is 19.8. The van der Waals surface area contributed by atoms with Gasteiger partial charge in [-0.3, -0.25) is 4.79 Å². The minimum absolute atomic E-state index is 0.168. The van der Waals surface area contributed by atoms with Crippen LogP contribution in [-0.4, -0.2) is 79.9 Å². The highest BCUT2D eigenvalue weighted by Gasteiger charge is 2.60. The van der Waals surface area contributed by atoms with Crippen molar-refractivity contribution < 1.29 is 38.0 Å². The number of rotatable bonds is 5. The number of carbonyl (C=O) groups is 2. The van der Waals surface area contributed by atoms with E-state index in [1.807, 2.05) is 27.7 Å². The first-order valence-corrected chi connectivity index (χ1v) is 11.0. The number of benzene rings is 1. The van der Waals surface area contributed by atoms with Gasteiger partial charge in [0.05, 0.1) is 26.2 Å². The average Bonchev–Trinajstić information content (AvgIpc) is 3.36. The van der Waals surface area contributed by atoms with Crippen LogP contribution >= 0.6 is 0 Å². The molecule has 1 aromatic carbocycles. The number of nitrogens with zero attached hydrogens (tertiary/aromatic N) is 1. The lowest BCUT2D eigenvalue weighted by Gasteiger charge is -2.34. The molecule has 3 aliphatic rings. The highest BCUT2D eigenvalue weighted by molar-refractivity contribution is 5.89. The summed E-state index contributed by atoms with van der Waals surface area (Å²) in [5.74, 6) is -1.88. The standard InChI is InChI=1S/C23H32N2O8/c1-22(2)29-12-15(31-22)18-17(19-20(30-18)33-23(3,4)32-19)25(5)21(27)24-14-9-7-13(8-10-14)11-16(26)28-6/h7-10,15,17-20H,11-12H2,1-6H3,(H,24,27)/t15?,17-,18-,19-,20-/m1/s1. The molecule has 33 heavy (non-hydrogen) atoms. The lowest BCUT2D eigenvalue weighted by atomic mass is 10.0. The van der Waals surface area contributed by atoms with Gasteiger partial charge in [0.15, 0.2) is 17.9 Å². The zero-order valence-electron chi connectivity index (χ0n) is 19.8. The summed E-state index contributed by atoms with van der Waals surface area (Å²) >= 11 is 0. The first-order chi connectivity index (χ1) is 15.5. The van der Waals surface area contributed by atoms with Crippen LogP contribution in [0, 0.1) is 0 Å². The molecule has 3 heterocycles. The smallest absolute Gasteiger partial charge is 0.322 e. The van der Waals surface area contributed by atoms with Gasteiger partial charge in [0.25, 0.3) is 0 Å². The molecule has 0 aromatic heterocycles. The molecule has 0 spiro atoms. The fourth-order valence-electron chi connectivity index (χ4n) is 4.43. The van der Waals surface area contributed by atoms with Crippen molar-refractivity contribution in [2.24, 2.45) is 0 Å². The molecule has 4 rings (SSSR count). The fourth-order valence-corrected chi connectivity index (χ4v) is 4.43. The number of nitrogens with one attached hydrogen (secondary N) is 1. The van der Waals surface area contributed by atoms with E-state index in [2.05, 4.69) is 10.1 Å². The third-order valence-electron chi connectivity index (χ3n) is 6.00. The van der Waals surface area contributed by atoms with E-state index < -0.39 is 36.1 Å². The Bertz CT molecular complexity index is 887. The minimum atomic E-state index is -0.822. The van der Waals surface area contributed by atoms with Gasteiger partial charge in [0, 0.05) is 12.7 Å². The number of ether oxygens (including phenoxy) is 6. The van der Waals surface area contributed by atoms with Crippen LogP contribution in [0.15, 0.2) is 24.3 Å². The van der Waals surface area contributed by atoms with Gasteiger partial charge < -0.3 is 38.6 Å². The molecular weight excluding hydrogens is 432 g/mol. The van der Waals surface area contributed by atoms with Crippen LogP contribution in [0.1, 0.15) is 33.3 Å². The Kier molecular flexibility index (Phi) is 6.41. The van der Waals surface area contributed by atoms with Crippen LogP contribution in [0.2, 0.25) is 0 Å². The number of esters is 1. The Hall–Kier alpha value is -2.24. The molecule has 0 aliphatic carbocycles. The average molecular weight is 465 g/mol. The second-order valence-electron chi connectivity index (χ2n) is 9.42. The highest BCUT2D eigenvalue weighted by atomic mass is 16.8. The Labute approximate surface area is 193 Å². The predicted octanol–water partition coefficient (Wildman–Crippen LogP) is 2.26. The number of hydrogen-bond acceptors (Lipinski definition) is 8. The van der Waals surface area contributed by atoms with Crippen molar-refractivity contribution >= 4 is 17.7 Å². The summed E-state index contributed by atoms with van der Waals surface area (Å²) in [7, 11) is 3.04. The second-order valence-corrected chi connectivity index (χ2v) is 9.42. The molecular formula is C23H32N2O8. The van der Waals surface area contributed by atoms with Gasteiger partial charge in [-0.1, -0.05) is 12.1 Å². The third kappa shape index (κ3) is 5.15. The summed E-state index contributed by atoms with van der Waals surface area (Å²) in [6.45, 7) is 7.65. The molecule has 10 heteroatoms. The Morgan fingerprint density at radius 2 is 1.76 bits per heavy atom. The van der Waals surface area contributed by atoms with Crippen molar-refractivity contribution in [2.75, 3.05) is 26.1 Å². The molecule has 182 valence electrons. The van der Waals surface area contributed by atoms with Crippen molar-refractivity contribution in [3.63, 3.8) is 0 Å². The third-order valence-corrected chi connectivity index (χ3v) is 6.00. The second kappa shape index (κ2) is 8.84. The number of carbonyl (C=O) groups excluding carboxylic acids is 2. The number of fused-ring (bicyclic) bond motifs is 1. The Balaban J connectivity index is 1.48. The fraction of sp³-hybridized carbons (Fsp3) is 0.652. The number of likely N-dealkylation sites (N-methyl/N-ethyl adjacent to an activating group) is 1. The number of anilines is 1. The Morgan fingerprint density at radius 3 is 2.36 bits per heavy atom. The quantitative estimate of drug-likeness (QED) is 0.662. The largest absolute Gasteiger partial charge is 0.469 e. The zero-order chi connectivity index (χ0) is 24.0. The summed E-state index contributed by atoms with van der Waals surface area (Å²) in [5.41, 5.74) is 1.39. The summed E-state index contributed by atoms with van der Waals surface area (Å²) in [6.07, 6.45) is -1.79. The van der Waals surface area contributed by atoms with E-state index in [0.717, 1.165) is 5.56 Å². The van der Waals surface area contributed by atoms with Gasteiger partial charge in [-0.25, -0.2) is 4.79 Å². The highest BCUT2D eigenvalue weighted by Crippen LogP contribution is 2.42. The molecule has 3 aliphatic heterocycles. The summed E-state index contributed by atoms with van der Waals surface area (Å²) in [5, 5.41) is 2.89. The van der Waals surface area contributed by atoms with Crippen molar-refractivity contribution in [1.29, 1.82) is 0 Å². The molecule has 0 saturated carbocycles. The van der Waals surface area contributed by atoms with E-state index >= 15 is 0 Å². The molecule has 1 aromatic rings. The number of amides is 2. The lowest BCUT2D eigenvalue weighted by molar-refractivity contribution is -0.226. The molecule has 3 fully saturated rings. The number of methoxy groups -OCH3 is 1. The van der Waals surface area contributed by atoms with Crippen LogP contribution in [0.4, 0.5) is 10.5 Å². The van der Waals surface area contributed by atoms with Crippen molar-refractivity contribution in [2.45, 2.75) is 76.3 Å². The first-order valence-electron chi connectivity index (χ1n) is 11.0. The van der Waals surface area contributed by atoms with E-state index in [9.17, 15) is 9.59 Å². The normalized spacial score (nSPS) is 31.8. The van der Waals surface area contributed by atoms with Crippen LogP contribution in [0.5, 0.6) is 0 Å². The van der Waals surface area contributed by atoms with Crippen LogP contribution in [0.3, 0.4) is 0 Å². The number of urea groups is 1. The van der Waals surface area contributed by atoms with Gasteiger partial charge in [0.2, 0.25) is 0 Å². The molecule has 1 N–H and O–H groups in total. The van der Waals surface area contributed by atoms with Gasteiger partial charge >= 0.3 is 12.0 Å². The lowest BCUT2D eigenvalue weighted by Crippen LogP contribution is -2.54. The molecule has 0 bridgehead atoms. The maximum Gasteiger partial charge on any atom is 0.322 e. The first kappa shape index (κ1) is 23.9. The topological polar surface area (TPSA) is 105 Å². The maximum absolute atomic E-state index is 13.2. The van der Waals surface area contributed by atoms with E-state index in [1.165, 1.54) is 7.11 Å². The monoisotopic (exact) mass is 464 g/mol. The van der Waals surface area contributed by atoms with Gasteiger partial charge in [0.1, 0.15) is 18.3 Å². The van der Waals surface area contributed by atoms with E-state index in [0.29, 0.717) is 12.3 Å². The van der Waals surface area contributed by atoms with Crippen LogP contribution in [0.25, 0.3) is 0 Å². The minimum Gasteiger partial charge on any atom is -0.469 e. The molecule has 3 saturated heterocycles. The number of hydrogen-bond donors (Lipinski definition) is 1. The molecule has 0 radical (unpaired) electrons. The van der Waals surface area contributed by atoms with E-state index in [-0.39, 0.29) is 24.5 Å². The van der Waals surface area contributed by atoms with Gasteiger partial charge in [-0.2, -0.15) is 0 Å². The van der Waals surface area contributed by atoms with Crippen molar-refractivity contribution in [3.05, 3.63) is 29.8 Å². The van der Waals surface area contributed by atoms with Crippen molar-refractivity contribution in [1.82, 2.24) is 4.90 Å². The summed E-state index contributed by atoms with van der Waals surface area (Å²) in [6, 6.07) is 6.23. The molecule has 5 atom stereocenters. The SMILES string of the molecule is COC(=O)Cc1ccc(NC(=O)N(C)[C@H]2[C@H]3OC(C)(C)O[C@H]3O[C@@H]2C2COC(C)(C)O2)cc1. The Morgan fingerprint density at radius 1 is 1.06 bits per heavy atom. The van der Waals surface area contributed by atoms with Crippen molar-refractivity contribution in [3.8, 4) is 0 Å². The summed E-state index contributed by atoms with van der Waals surface area (Å²) < 4.78 is 34.6. The van der Waals surface area contributed by atoms with E-state index in [1.54, 1.807) is 36.2 Å². The predicted molar refractivity (Wildman–Crippen MR) is 116 cm³/mol. The van der Waals surface area contributed by atoms with E-state index in [4.69, 9.17) is 23.7 Å². The van der Waals surface area contributed by atoms with Gasteiger partial charge in [-0.05, 0) is 45.4 Å². The maximum atomic E-state index is 13.2. The van der Waals surface area contributed by atoms with Crippen LogP contribution in [-0.2, 0) is 39.6 Å². The van der Waals surface area contributed by atoms with Gasteiger partial charge in [-0.15, -0.1) is 0 Å². The summed E-state index contributed by atoms with van der Waals surface area (Å²) in [4.78, 5) is 26.2.